The van der Waals surface area contributed by atoms with E-state index in [1.807, 2.05) is 32.9 Å². The van der Waals surface area contributed by atoms with E-state index in [-0.39, 0.29) is 17.6 Å². The first-order valence-electron chi connectivity index (χ1n) is 12.0. The molecule has 180 valence electrons. The van der Waals surface area contributed by atoms with Crippen LogP contribution in [0.5, 0.6) is 0 Å². The summed E-state index contributed by atoms with van der Waals surface area (Å²) in [6.07, 6.45) is 0.676. The number of carbonyl (C=O) groups excluding carboxylic acids is 1. The van der Waals surface area contributed by atoms with Crippen LogP contribution in [0.25, 0.3) is 0 Å². The number of aliphatic hydroxyl groups excluding tert-OH is 1. The lowest BCUT2D eigenvalue weighted by molar-refractivity contribution is 0.0122. The Balaban J connectivity index is 1.62. The average molecular weight is 453 g/mol. The Morgan fingerprint density at radius 2 is 1.58 bits per heavy atom. The number of benzene rings is 2. The van der Waals surface area contributed by atoms with Gasteiger partial charge < -0.3 is 14.7 Å². The SMILES string of the molecule is CC(C)(C)OC(=O)N1CC(C(O)CCN(Cc2ccccc2)Cc2ccccc2)CC1(C)C. The average Bonchev–Trinajstić information content (AvgIpc) is 3.07. The van der Waals surface area contributed by atoms with Crippen molar-refractivity contribution in [1.29, 1.82) is 0 Å². The highest BCUT2D eigenvalue weighted by Gasteiger charge is 2.45. The zero-order valence-corrected chi connectivity index (χ0v) is 20.8. The van der Waals surface area contributed by atoms with Crippen molar-refractivity contribution < 1.29 is 14.6 Å². The number of rotatable bonds is 8. The second-order valence-corrected chi connectivity index (χ2v) is 10.9. The molecule has 0 bridgehead atoms. The fourth-order valence-electron chi connectivity index (χ4n) is 4.64. The van der Waals surface area contributed by atoms with E-state index in [9.17, 15) is 9.90 Å². The van der Waals surface area contributed by atoms with E-state index in [2.05, 4.69) is 67.3 Å². The molecule has 5 nitrogen and oxygen atoms in total. The Bertz CT molecular complexity index is 836. The van der Waals surface area contributed by atoms with Gasteiger partial charge in [-0.15, -0.1) is 0 Å². The molecule has 3 rings (SSSR count). The maximum atomic E-state index is 12.7. The molecule has 1 fully saturated rings. The molecular formula is C28H40N2O3. The maximum Gasteiger partial charge on any atom is 0.410 e. The van der Waals surface area contributed by atoms with Crippen LogP contribution in [0.15, 0.2) is 60.7 Å². The van der Waals surface area contributed by atoms with Crippen molar-refractivity contribution in [2.75, 3.05) is 13.1 Å². The summed E-state index contributed by atoms with van der Waals surface area (Å²) in [4.78, 5) is 16.9. The number of likely N-dealkylation sites (tertiary alicyclic amines) is 1. The van der Waals surface area contributed by atoms with Crippen LogP contribution in [-0.2, 0) is 17.8 Å². The summed E-state index contributed by atoms with van der Waals surface area (Å²) in [5.41, 5.74) is 1.67. The van der Waals surface area contributed by atoms with Gasteiger partial charge >= 0.3 is 6.09 Å². The second-order valence-electron chi connectivity index (χ2n) is 10.9. The first kappa shape index (κ1) is 25.3. The standard InChI is InChI=1S/C28H40N2O3/c1-27(2,3)33-26(32)30-21-24(18-28(30,4)5)25(31)16-17-29(19-22-12-8-6-9-13-22)20-23-14-10-7-11-15-23/h6-15,24-25,31H,16-21H2,1-5H3. The predicted octanol–water partition coefficient (Wildman–Crippen LogP) is 5.48. The Morgan fingerprint density at radius 3 is 2.06 bits per heavy atom. The zero-order chi connectivity index (χ0) is 24.1. The lowest BCUT2D eigenvalue weighted by Gasteiger charge is -2.33. The fraction of sp³-hybridized carbons (Fsp3) is 0.536. The Morgan fingerprint density at radius 1 is 1.06 bits per heavy atom. The summed E-state index contributed by atoms with van der Waals surface area (Å²) in [6.45, 7) is 12.7. The van der Waals surface area contributed by atoms with E-state index >= 15 is 0 Å². The summed E-state index contributed by atoms with van der Waals surface area (Å²) < 4.78 is 5.61. The summed E-state index contributed by atoms with van der Waals surface area (Å²) in [7, 11) is 0. The van der Waals surface area contributed by atoms with Gasteiger partial charge in [0.25, 0.3) is 0 Å². The Hall–Kier alpha value is -2.37. The molecule has 1 saturated heterocycles. The lowest BCUT2D eigenvalue weighted by Crippen LogP contribution is -2.45. The molecule has 2 atom stereocenters. The summed E-state index contributed by atoms with van der Waals surface area (Å²) in [6, 6.07) is 20.9. The van der Waals surface area contributed by atoms with E-state index in [1.54, 1.807) is 4.90 Å². The molecule has 1 amide bonds. The number of hydrogen-bond acceptors (Lipinski definition) is 4. The number of hydrogen-bond donors (Lipinski definition) is 1. The summed E-state index contributed by atoms with van der Waals surface area (Å²) in [5, 5.41) is 11.1. The third kappa shape index (κ3) is 7.58. The predicted molar refractivity (Wildman–Crippen MR) is 133 cm³/mol. The molecular weight excluding hydrogens is 412 g/mol. The van der Waals surface area contributed by atoms with Crippen LogP contribution >= 0.6 is 0 Å². The molecule has 5 heteroatoms. The maximum absolute atomic E-state index is 12.7. The van der Waals surface area contributed by atoms with E-state index in [1.165, 1.54) is 11.1 Å². The molecule has 0 radical (unpaired) electrons. The third-order valence-corrected chi connectivity index (χ3v) is 6.31. The van der Waals surface area contributed by atoms with Gasteiger partial charge in [0.2, 0.25) is 0 Å². The van der Waals surface area contributed by atoms with Gasteiger partial charge in [0.05, 0.1) is 6.10 Å². The van der Waals surface area contributed by atoms with Crippen molar-refractivity contribution in [3.05, 3.63) is 71.8 Å². The number of aliphatic hydroxyl groups is 1. The number of ether oxygens (including phenoxy) is 1. The van der Waals surface area contributed by atoms with Crippen LogP contribution in [0.4, 0.5) is 4.79 Å². The van der Waals surface area contributed by atoms with Crippen molar-refractivity contribution in [2.45, 2.75) is 77.8 Å². The van der Waals surface area contributed by atoms with E-state index in [4.69, 9.17) is 4.74 Å². The first-order valence-corrected chi connectivity index (χ1v) is 12.0. The van der Waals surface area contributed by atoms with Crippen molar-refractivity contribution in [3.8, 4) is 0 Å². The normalized spacial score (nSPS) is 19.0. The van der Waals surface area contributed by atoms with Gasteiger partial charge in [-0.25, -0.2) is 4.79 Å². The van der Waals surface area contributed by atoms with Gasteiger partial charge in [-0.2, -0.15) is 0 Å². The van der Waals surface area contributed by atoms with Crippen molar-refractivity contribution in [1.82, 2.24) is 9.80 Å². The van der Waals surface area contributed by atoms with Crippen LogP contribution in [0.1, 0.15) is 58.6 Å². The molecule has 0 aromatic heterocycles. The molecule has 2 unspecified atom stereocenters. The van der Waals surface area contributed by atoms with E-state index in [0.29, 0.717) is 13.0 Å². The largest absolute Gasteiger partial charge is 0.444 e. The lowest BCUT2D eigenvalue weighted by atomic mass is 9.91. The van der Waals surface area contributed by atoms with Gasteiger partial charge in [0.15, 0.2) is 0 Å². The fourth-order valence-corrected chi connectivity index (χ4v) is 4.64. The monoisotopic (exact) mass is 452 g/mol. The third-order valence-electron chi connectivity index (χ3n) is 6.31. The van der Waals surface area contributed by atoms with Crippen molar-refractivity contribution in [3.63, 3.8) is 0 Å². The highest BCUT2D eigenvalue weighted by Crippen LogP contribution is 2.36. The zero-order valence-electron chi connectivity index (χ0n) is 20.8. The van der Waals surface area contributed by atoms with Crippen LogP contribution in [0.3, 0.4) is 0 Å². The highest BCUT2D eigenvalue weighted by atomic mass is 16.6. The molecule has 0 aliphatic carbocycles. The molecule has 2 aromatic carbocycles. The Kier molecular flexibility index (Phi) is 8.19. The Labute approximate surface area is 199 Å². The molecule has 0 saturated carbocycles. The first-order chi connectivity index (χ1) is 15.5. The van der Waals surface area contributed by atoms with E-state index in [0.717, 1.165) is 26.1 Å². The quantitative estimate of drug-likeness (QED) is 0.577. The van der Waals surface area contributed by atoms with Crippen LogP contribution in [0, 0.1) is 5.92 Å². The minimum atomic E-state index is -0.529. The van der Waals surface area contributed by atoms with Gasteiger partial charge in [-0.05, 0) is 58.6 Å². The molecule has 1 N–H and O–H groups in total. The van der Waals surface area contributed by atoms with Gasteiger partial charge in [-0.1, -0.05) is 60.7 Å². The van der Waals surface area contributed by atoms with Crippen molar-refractivity contribution >= 4 is 6.09 Å². The topological polar surface area (TPSA) is 53.0 Å². The summed E-state index contributed by atoms with van der Waals surface area (Å²) >= 11 is 0. The molecule has 1 aliphatic rings. The van der Waals surface area contributed by atoms with Gasteiger partial charge in [0, 0.05) is 37.6 Å². The molecule has 33 heavy (non-hydrogen) atoms. The molecule has 2 aromatic rings. The van der Waals surface area contributed by atoms with E-state index < -0.39 is 11.7 Å². The van der Waals surface area contributed by atoms with Crippen molar-refractivity contribution in [2.24, 2.45) is 5.92 Å². The van der Waals surface area contributed by atoms with Crippen LogP contribution in [-0.4, -0.2) is 51.3 Å². The van der Waals surface area contributed by atoms with Crippen LogP contribution < -0.4 is 0 Å². The summed E-state index contributed by atoms with van der Waals surface area (Å²) in [5.74, 6) is 0.0443. The van der Waals surface area contributed by atoms with Gasteiger partial charge in [0.1, 0.15) is 5.60 Å². The number of carbonyl (C=O) groups is 1. The molecule has 0 spiro atoms. The number of amides is 1. The van der Waals surface area contributed by atoms with Gasteiger partial charge in [-0.3, -0.25) is 4.90 Å². The minimum absolute atomic E-state index is 0.0443. The number of nitrogens with zero attached hydrogens (tertiary/aromatic N) is 2. The highest BCUT2D eigenvalue weighted by molar-refractivity contribution is 5.69. The minimum Gasteiger partial charge on any atom is -0.444 e. The second kappa shape index (κ2) is 10.7. The smallest absolute Gasteiger partial charge is 0.410 e. The molecule has 1 aliphatic heterocycles. The van der Waals surface area contributed by atoms with Crippen LogP contribution in [0.2, 0.25) is 0 Å². The molecule has 1 heterocycles.